The van der Waals surface area contributed by atoms with E-state index in [-0.39, 0.29) is 5.69 Å². The van der Waals surface area contributed by atoms with E-state index < -0.39 is 23.2 Å². The normalized spacial score (nSPS) is 10.9. The van der Waals surface area contributed by atoms with Crippen molar-refractivity contribution in [1.29, 1.82) is 0 Å². The molecule has 112 valence electrons. The smallest absolute Gasteiger partial charge is 0.276 e. The predicted octanol–water partition coefficient (Wildman–Crippen LogP) is 3.87. The van der Waals surface area contributed by atoms with Crippen LogP contribution in [0.1, 0.15) is 10.5 Å². The van der Waals surface area contributed by atoms with Crippen LogP contribution in [0.15, 0.2) is 40.9 Å². The van der Waals surface area contributed by atoms with Gasteiger partial charge in [0.05, 0.1) is 5.52 Å². The molecular formula is C15H10BrF2N3O. The van der Waals surface area contributed by atoms with E-state index in [0.29, 0.717) is 5.39 Å². The molecule has 0 spiro atoms. The summed E-state index contributed by atoms with van der Waals surface area (Å²) in [5, 5.41) is 6.95. The highest BCUT2D eigenvalue weighted by Crippen LogP contribution is 2.24. The first-order valence-electron chi connectivity index (χ1n) is 6.35. The van der Waals surface area contributed by atoms with E-state index in [9.17, 15) is 13.6 Å². The number of para-hydroxylation sites is 1. The van der Waals surface area contributed by atoms with Crippen molar-refractivity contribution < 1.29 is 13.6 Å². The molecule has 0 bridgehead atoms. The molecule has 1 N–H and O–H groups in total. The number of fused-ring (bicyclic) bond motifs is 1. The van der Waals surface area contributed by atoms with Crippen molar-refractivity contribution in [3.05, 3.63) is 58.2 Å². The van der Waals surface area contributed by atoms with Crippen LogP contribution in [0, 0.1) is 11.6 Å². The van der Waals surface area contributed by atoms with Crippen LogP contribution >= 0.6 is 15.9 Å². The van der Waals surface area contributed by atoms with Gasteiger partial charge in [-0.3, -0.25) is 9.48 Å². The minimum atomic E-state index is -0.838. The molecule has 0 atom stereocenters. The molecule has 0 saturated carbocycles. The zero-order valence-electron chi connectivity index (χ0n) is 11.4. The minimum Gasteiger partial charge on any atom is -0.316 e. The largest absolute Gasteiger partial charge is 0.316 e. The SMILES string of the molecule is Cn1nc(C(=O)Nc2c(F)cccc2F)c2cc(Br)ccc21. The van der Waals surface area contributed by atoms with E-state index in [1.54, 1.807) is 19.2 Å². The Balaban J connectivity index is 2.05. The maximum atomic E-state index is 13.6. The molecular weight excluding hydrogens is 356 g/mol. The van der Waals surface area contributed by atoms with Crippen molar-refractivity contribution in [2.45, 2.75) is 0 Å². The maximum Gasteiger partial charge on any atom is 0.276 e. The Morgan fingerprint density at radius 1 is 1.23 bits per heavy atom. The number of nitrogens with zero attached hydrogens (tertiary/aromatic N) is 2. The van der Waals surface area contributed by atoms with E-state index in [4.69, 9.17) is 0 Å². The van der Waals surface area contributed by atoms with Crippen LogP contribution in [-0.4, -0.2) is 15.7 Å². The molecule has 4 nitrogen and oxygen atoms in total. The van der Waals surface area contributed by atoms with E-state index in [0.717, 1.165) is 22.1 Å². The fourth-order valence-corrected chi connectivity index (χ4v) is 2.56. The van der Waals surface area contributed by atoms with Gasteiger partial charge < -0.3 is 5.32 Å². The molecule has 3 rings (SSSR count). The van der Waals surface area contributed by atoms with Gasteiger partial charge in [-0.15, -0.1) is 0 Å². The van der Waals surface area contributed by atoms with Gasteiger partial charge in [-0.1, -0.05) is 22.0 Å². The summed E-state index contributed by atoms with van der Waals surface area (Å²) in [6.07, 6.45) is 0. The third kappa shape index (κ3) is 2.48. The summed E-state index contributed by atoms with van der Waals surface area (Å²) in [6.45, 7) is 0. The summed E-state index contributed by atoms with van der Waals surface area (Å²) < 4.78 is 29.6. The number of hydrogen-bond acceptors (Lipinski definition) is 2. The van der Waals surface area contributed by atoms with E-state index in [2.05, 4.69) is 26.3 Å². The van der Waals surface area contributed by atoms with E-state index in [1.807, 2.05) is 6.07 Å². The standard InChI is InChI=1S/C15H10BrF2N3O/c1-21-12-6-5-8(16)7-9(12)13(20-21)15(22)19-14-10(17)3-2-4-11(14)18/h2-7H,1H3,(H,19,22). The summed E-state index contributed by atoms with van der Waals surface area (Å²) in [5.74, 6) is -2.35. The van der Waals surface area contributed by atoms with Crippen LogP contribution in [-0.2, 0) is 7.05 Å². The molecule has 0 aliphatic carbocycles. The van der Waals surface area contributed by atoms with Crippen LogP contribution in [0.3, 0.4) is 0 Å². The van der Waals surface area contributed by atoms with E-state index >= 15 is 0 Å². The zero-order valence-corrected chi connectivity index (χ0v) is 13.0. The summed E-state index contributed by atoms with van der Waals surface area (Å²) in [6, 6.07) is 8.73. The number of hydrogen-bond donors (Lipinski definition) is 1. The van der Waals surface area contributed by atoms with Gasteiger partial charge in [-0.05, 0) is 30.3 Å². The lowest BCUT2D eigenvalue weighted by Gasteiger charge is -2.06. The summed E-state index contributed by atoms with van der Waals surface area (Å²) in [7, 11) is 1.69. The molecule has 1 amide bonds. The van der Waals surface area contributed by atoms with Gasteiger partial charge in [-0.2, -0.15) is 5.10 Å². The fraction of sp³-hybridized carbons (Fsp3) is 0.0667. The van der Waals surface area contributed by atoms with Crippen molar-refractivity contribution in [2.24, 2.45) is 7.05 Å². The number of carbonyl (C=O) groups excluding carboxylic acids is 1. The molecule has 1 heterocycles. The number of rotatable bonds is 2. The van der Waals surface area contributed by atoms with Crippen LogP contribution in [0.25, 0.3) is 10.9 Å². The molecule has 0 radical (unpaired) electrons. The van der Waals surface area contributed by atoms with Gasteiger partial charge in [0.25, 0.3) is 5.91 Å². The first kappa shape index (κ1) is 14.6. The maximum absolute atomic E-state index is 13.6. The number of nitrogens with one attached hydrogen (secondary N) is 1. The highest BCUT2D eigenvalue weighted by molar-refractivity contribution is 9.10. The number of aromatic nitrogens is 2. The fourth-order valence-electron chi connectivity index (χ4n) is 2.20. The average molecular weight is 366 g/mol. The third-order valence-electron chi connectivity index (χ3n) is 3.23. The van der Waals surface area contributed by atoms with Crippen molar-refractivity contribution >= 4 is 38.4 Å². The van der Waals surface area contributed by atoms with Gasteiger partial charge in [0.15, 0.2) is 5.69 Å². The third-order valence-corrected chi connectivity index (χ3v) is 3.72. The minimum absolute atomic E-state index is 0.0986. The predicted molar refractivity (Wildman–Crippen MR) is 82.7 cm³/mol. The molecule has 2 aromatic carbocycles. The zero-order chi connectivity index (χ0) is 15.9. The lowest BCUT2D eigenvalue weighted by molar-refractivity contribution is 0.102. The number of anilines is 1. The van der Waals surface area contributed by atoms with Crippen molar-refractivity contribution in [1.82, 2.24) is 9.78 Å². The molecule has 0 unspecified atom stereocenters. The van der Waals surface area contributed by atoms with E-state index in [1.165, 1.54) is 10.7 Å². The first-order chi connectivity index (χ1) is 10.5. The molecule has 7 heteroatoms. The van der Waals surface area contributed by atoms with Gasteiger partial charge in [0.2, 0.25) is 0 Å². The monoisotopic (exact) mass is 365 g/mol. The average Bonchev–Trinajstić information content (AvgIpc) is 2.79. The topological polar surface area (TPSA) is 46.9 Å². The van der Waals surface area contributed by atoms with Crippen LogP contribution in [0.2, 0.25) is 0 Å². The Morgan fingerprint density at radius 3 is 2.59 bits per heavy atom. The van der Waals surface area contributed by atoms with Crippen LogP contribution in [0.5, 0.6) is 0 Å². The lowest BCUT2D eigenvalue weighted by Crippen LogP contribution is -2.15. The van der Waals surface area contributed by atoms with Crippen molar-refractivity contribution in [3.63, 3.8) is 0 Å². The highest BCUT2D eigenvalue weighted by Gasteiger charge is 2.19. The van der Waals surface area contributed by atoms with Gasteiger partial charge in [0.1, 0.15) is 17.3 Å². The molecule has 1 aromatic heterocycles. The molecule has 3 aromatic rings. The number of benzene rings is 2. The lowest BCUT2D eigenvalue weighted by atomic mass is 10.2. The second-order valence-electron chi connectivity index (χ2n) is 4.68. The highest BCUT2D eigenvalue weighted by atomic mass is 79.9. The molecule has 0 aliphatic heterocycles. The summed E-state index contributed by atoms with van der Waals surface area (Å²) in [5.41, 5.74) is 0.352. The van der Waals surface area contributed by atoms with Crippen LogP contribution < -0.4 is 5.32 Å². The molecule has 22 heavy (non-hydrogen) atoms. The summed E-state index contributed by atoms with van der Waals surface area (Å²) in [4.78, 5) is 12.3. The Morgan fingerprint density at radius 2 is 1.91 bits per heavy atom. The summed E-state index contributed by atoms with van der Waals surface area (Å²) >= 11 is 3.33. The van der Waals surface area contributed by atoms with Crippen molar-refractivity contribution in [3.8, 4) is 0 Å². The number of aryl methyl sites for hydroxylation is 1. The molecule has 0 saturated heterocycles. The van der Waals surface area contributed by atoms with Gasteiger partial charge >= 0.3 is 0 Å². The number of halogens is 3. The Bertz CT molecular complexity index is 872. The quantitative estimate of drug-likeness (QED) is 0.749. The Hall–Kier alpha value is -2.28. The Kier molecular flexibility index (Phi) is 3.66. The molecule has 0 fully saturated rings. The van der Waals surface area contributed by atoms with Crippen molar-refractivity contribution in [2.75, 3.05) is 5.32 Å². The van der Waals surface area contributed by atoms with Crippen LogP contribution in [0.4, 0.5) is 14.5 Å². The second kappa shape index (κ2) is 5.49. The van der Waals surface area contributed by atoms with Gasteiger partial charge in [-0.25, -0.2) is 8.78 Å². The first-order valence-corrected chi connectivity index (χ1v) is 7.14. The van der Waals surface area contributed by atoms with Gasteiger partial charge in [0, 0.05) is 16.9 Å². The Labute approximate surface area is 132 Å². The number of amides is 1. The second-order valence-corrected chi connectivity index (χ2v) is 5.60. The number of carbonyl (C=O) groups is 1. The molecule has 0 aliphatic rings.